The van der Waals surface area contributed by atoms with Crippen molar-refractivity contribution in [1.82, 2.24) is 5.43 Å². The highest BCUT2D eigenvalue weighted by Crippen LogP contribution is 2.34. The minimum absolute atomic E-state index is 0.775. The maximum Gasteiger partial charge on any atom is 0.164 e. The Labute approximate surface area is 173 Å². The van der Waals surface area contributed by atoms with Crippen LogP contribution >= 0.6 is 11.3 Å². The van der Waals surface area contributed by atoms with Crippen LogP contribution in [0.15, 0.2) is 88.3 Å². The van der Waals surface area contributed by atoms with Gasteiger partial charge in [-0.3, -0.25) is 5.43 Å². The number of benzene rings is 3. The number of rotatable bonds is 3. The standard InChI is InChI=1S/C24H20N4S/c1-28(2)18-12-9-17(10-13-18)22-20-14-11-16-6-3-4-7-19(16)23(20)25-24(27-26-22)21-8-5-15-29-21/h3-15H,1-2H3,(H,25,27). The molecule has 1 aliphatic heterocycles. The van der Waals surface area contributed by atoms with Gasteiger partial charge in [-0.05, 0) is 35.0 Å². The quantitative estimate of drug-likeness (QED) is 0.504. The van der Waals surface area contributed by atoms with Crippen LogP contribution < -0.4 is 10.3 Å². The fourth-order valence-electron chi connectivity index (χ4n) is 3.53. The molecule has 5 heteroatoms. The van der Waals surface area contributed by atoms with E-state index in [0.717, 1.165) is 44.3 Å². The number of nitrogens with zero attached hydrogens (tertiary/aromatic N) is 3. The number of nitrogens with one attached hydrogen (secondary N) is 1. The number of thiophene rings is 1. The molecule has 1 N–H and O–H groups in total. The summed E-state index contributed by atoms with van der Waals surface area (Å²) in [6, 6.07) is 25.2. The largest absolute Gasteiger partial charge is 0.378 e. The Morgan fingerprint density at radius 1 is 0.862 bits per heavy atom. The number of anilines is 1. The summed E-state index contributed by atoms with van der Waals surface area (Å²) >= 11 is 1.65. The van der Waals surface area contributed by atoms with Crippen molar-refractivity contribution in [2.45, 2.75) is 0 Å². The predicted molar refractivity (Wildman–Crippen MR) is 124 cm³/mol. The predicted octanol–water partition coefficient (Wildman–Crippen LogP) is 5.40. The normalized spacial score (nSPS) is 13.2. The van der Waals surface area contributed by atoms with Crippen LogP contribution in [-0.2, 0) is 0 Å². The summed E-state index contributed by atoms with van der Waals surface area (Å²) in [6.07, 6.45) is 0. The third-order valence-corrected chi connectivity index (χ3v) is 5.94. The Morgan fingerprint density at radius 3 is 2.45 bits per heavy atom. The molecule has 0 amide bonds. The van der Waals surface area contributed by atoms with Crippen molar-refractivity contribution in [3.05, 3.63) is 94.2 Å². The molecule has 0 bridgehead atoms. The summed E-state index contributed by atoms with van der Waals surface area (Å²) in [6.45, 7) is 0. The molecule has 0 atom stereocenters. The van der Waals surface area contributed by atoms with Gasteiger partial charge in [0.15, 0.2) is 5.84 Å². The van der Waals surface area contributed by atoms with Gasteiger partial charge in [0.2, 0.25) is 0 Å². The van der Waals surface area contributed by atoms with Crippen molar-refractivity contribution in [1.29, 1.82) is 0 Å². The lowest BCUT2D eigenvalue weighted by molar-refractivity contribution is 1.03. The lowest BCUT2D eigenvalue weighted by Crippen LogP contribution is -2.18. The van der Waals surface area contributed by atoms with E-state index in [2.05, 4.69) is 82.4 Å². The first-order valence-corrected chi connectivity index (χ1v) is 10.3. The fourth-order valence-corrected chi connectivity index (χ4v) is 4.20. The number of hydrazone groups is 1. The van der Waals surface area contributed by atoms with E-state index >= 15 is 0 Å². The number of hydrogen-bond acceptors (Lipinski definition) is 5. The molecular formula is C24H20N4S. The van der Waals surface area contributed by atoms with Crippen LogP contribution in [0.25, 0.3) is 10.8 Å². The van der Waals surface area contributed by atoms with Gasteiger partial charge in [0.05, 0.1) is 10.6 Å². The first-order chi connectivity index (χ1) is 14.2. The molecule has 142 valence electrons. The smallest absolute Gasteiger partial charge is 0.164 e. The van der Waals surface area contributed by atoms with E-state index in [9.17, 15) is 0 Å². The maximum atomic E-state index is 5.02. The van der Waals surface area contributed by atoms with Crippen LogP contribution in [0.4, 0.5) is 11.4 Å². The Kier molecular flexibility index (Phi) is 4.37. The zero-order valence-electron chi connectivity index (χ0n) is 16.3. The van der Waals surface area contributed by atoms with E-state index in [0.29, 0.717) is 0 Å². The van der Waals surface area contributed by atoms with E-state index in [1.54, 1.807) is 11.3 Å². The van der Waals surface area contributed by atoms with E-state index < -0.39 is 0 Å². The van der Waals surface area contributed by atoms with Crippen LogP contribution in [-0.4, -0.2) is 25.6 Å². The molecule has 4 aromatic rings. The van der Waals surface area contributed by atoms with E-state index in [-0.39, 0.29) is 0 Å². The van der Waals surface area contributed by atoms with Crippen molar-refractivity contribution in [3.8, 4) is 0 Å². The van der Waals surface area contributed by atoms with Crippen LogP contribution in [0.2, 0.25) is 0 Å². The van der Waals surface area contributed by atoms with Crippen LogP contribution in [0, 0.1) is 0 Å². The molecule has 2 heterocycles. The highest BCUT2D eigenvalue weighted by molar-refractivity contribution is 7.12. The summed E-state index contributed by atoms with van der Waals surface area (Å²) < 4.78 is 0. The van der Waals surface area contributed by atoms with Gasteiger partial charge in [-0.15, -0.1) is 11.3 Å². The summed E-state index contributed by atoms with van der Waals surface area (Å²) in [4.78, 5) is 8.18. The second kappa shape index (κ2) is 7.18. The Balaban J connectivity index is 1.72. The monoisotopic (exact) mass is 396 g/mol. The highest BCUT2D eigenvalue weighted by atomic mass is 32.1. The summed E-state index contributed by atoms with van der Waals surface area (Å²) in [7, 11) is 4.09. The molecule has 5 rings (SSSR count). The average Bonchev–Trinajstić information content (AvgIpc) is 3.21. The molecule has 3 aromatic carbocycles. The molecular weight excluding hydrogens is 376 g/mol. The molecule has 29 heavy (non-hydrogen) atoms. The van der Waals surface area contributed by atoms with Crippen molar-refractivity contribution in [2.24, 2.45) is 10.1 Å². The topological polar surface area (TPSA) is 40.0 Å². The number of hydrogen-bond donors (Lipinski definition) is 1. The maximum absolute atomic E-state index is 5.02. The molecule has 1 aromatic heterocycles. The van der Waals surface area contributed by atoms with Gasteiger partial charge >= 0.3 is 0 Å². The summed E-state index contributed by atoms with van der Waals surface area (Å²) in [5, 5.41) is 9.13. The Hall–Kier alpha value is -3.44. The van der Waals surface area contributed by atoms with Gasteiger partial charge in [-0.2, -0.15) is 5.10 Å². The van der Waals surface area contributed by atoms with Gasteiger partial charge < -0.3 is 4.90 Å². The molecule has 0 radical (unpaired) electrons. The molecule has 0 spiro atoms. The second-order valence-corrected chi connectivity index (χ2v) is 8.08. The molecule has 1 aliphatic rings. The van der Waals surface area contributed by atoms with Gasteiger partial charge in [-0.25, -0.2) is 4.99 Å². The first-order valence-electron chi connectivity index (χ1n) is 9.47. The minimum atomic E-state index is 0.775. The van der Waals surface area contributed by atoms with Gasteiger partial charge in [0.1, 0.15) is 5.71 Å². The van der Waals surface area contributed by atoms with E-state index in [4.69, 9.17) is 10.1 Å². The zero-order valence-corrected chi connectivity index (χ0v) is 17.1. The molecule has 0 aliphatic carbocycles. The molecule has 4 nitrogen and oxygen atoms in total. The van der Waals surface area contributed by atoms with Crippen LogP contribution in [0.3, 0.4) is 0 Å². The van der Waals surface area contributed by atoms with E-state index in [1.165, 1.54) is 5.39 Å². The van der Waals surface area contributed by atoms with Gasteiger partial charge in [0.25, 0.3) is 0 Å². The van der Waals surface area contributed by atoms with Gasteiger partial charge in [0, 0.05) is 36.3 Å². The summed E-state index contributed by atoms with van der Waals surface area (Å²) in [5.41, 5.74) is 8.31. The lowest BCUT2D eigenvalue weighted by Gasteiger charge is -2.14. The van der Waals surface area contributed by atoms with Crippen LogP contribution in [0.5, 0.6) is 0 Å². The first kappa shape index (κ1) is 17.6. The third-order valence-electron chi connectivity index (χ3n) is 5.06. The number of fused-ring (bicyclic) bond motifs is 3. The van der Waals surface area contributed by atoms with Crippen molar-refractivity contribution >= 4 is 45.0 Å². The molecule has 0 saturated carbocycles. The van der Waals surface area contributed by atoms with Crippen LogP contribution in [0.1, 0.15) is 16.0 Å². The Morgan fingerprint density at radius 2 is 1.69 bits per heavy atom. The van der Waals surface area contributed by atoms with Crippen molar-refractivity contribution in [3.63, 3.8) is 0 Å². The minimum Gasteiger partial charge on any atom is -0.378 e. The van der Waals surface area contributed by atoms with Crippen molar-refractivity contribution < 1.29 is 0 Å². The lowest BCUT2D eigenvalue weighted by atomic mass is 9.96. The van der Waals surface area contributed by atoms with Gasteiger partial charge in [-0.1, -0.05) is 48.5 Å². The molecule has 0 saturated heterocycles. The Bertz CT molecular complexity index is 1240. The average molecular weight is 397 g/mol. The van der Waals surface area contributed by atoms with Crippen molar-refractivity contribution in [2.75, 3.05) is 19.0 Å². The summed E-state index contributed by atoms with van der Waals surface area (Å²) in [5.74, 6) is 0.775. The highest BCUT2D eigenvalue weighted by Gasteiger charge is 2.19. The zero-order chi connectivity index (χ0) is 19.8. The molecule has 0 fully saturated rings. The third kappa shape index (κ3) is 3.19. The number of aliphatic imine (C=N–C) groups is 1. The number of amidine groups is 1. The molecule has 0 unspecified atom stereocenters. The SMILES string of the molecule is CN(C)c1ccc(C2=NNC(c3cccs3)=Nc3c2ccc2ccccc32)cc1. The fraction of sp³-hybridized carbons (Fsp3) is 0.0833. The van der Waals surface area contributed by atoms with E-state index in [1.807, 2.05) is 20.2 Å². The second-order valence-electron chi connectivity index (χ2n) is 7.13.